The molecule has 11 heavy (non-hydrogen) atoms. The fraction of sp³-hybridized carbons (Fsp3) is 0.250. The molecule has 2 aliphatic rings. The van der Waals surface area contributed by atoms with Crippen LogP contribution in [0.25, 0.3) is 0 Å². The van der Waals surface area contributed by atoms with Crippen LogP contribution >= 0.6 is 0 Å². The number of nitrogens with one attached hydrogen (secondary N) is 1. The molecule has 0 radical (unpaired) electrons. The molecule has 0 aliphatic carbocycles. The number of hydrogen-bond donors (Lipinski definition) is 1. The highest BCUT2D eigenvalue weighted by Gasteiger charge is 2.05. The summed E-state index contributed by atoms with van der Waals surface area (Å²) >= 11 is 0. The first-order valence-electron chi connectivity index (χ1n) is 3.65. The Balaban J connectivity index is 1.91. The highest BCUT2D eigenvalue weighted by atomic mass is 15.1. The third kappa shape index (κ3) is 1.37. The van der Waals surface area contributed by atoms with Crippen LogP contribution < -0.4 is 5.32 Å². The van der Waals surface area contributed by atoms with Crippen molar-refractivity contribution in [3.8, 4) is 0 Å². The van der Waals surface area contributed by atoms with Crippen LogP contribution in [0.3, 0.4) is 0 Å². The molecule has 0 fully saturated rings. The van der Waals surface area contributed by atoms with Gasteiger partial charge in [-0.05, 0) is 0 Å². The molecule has 0 amide bonds. The van der Waals surface area contributed by atoms with Crippen LogP contribution in [0, 0.1) is 0 Å². The van der Waals surface area contributed by atoms with Crippen molar-refractivity contribution in [2.24, 2.45) is 9.98 Å². The predicted molar refractivity (Wildman–Crippen MR) is 45.5 cm³/mol. The number of amidine groups is 2. The molecular formula is C8H9N3. The molecule has 3 nitrogen and oxygen atoms in total. The van der Waals surface area contributed by atoms with Crippen LogP contribution in [0.15, 0.2) is 34.5 Å². The third-order valence-electron chi connectivity index (χ3n) is 1.58. The second kappa shape index (κ2) is 2.70. The Labute approximate surface area is 65.2 Å². The summed E-state index contributed by atoms with van der Waals surface area (Å²) in [4.78, 5) is 8.23. The summed E-state index contributed by atoms with van der Waals surface area (Å²) in [6.07, 6.45) is 9.46. The lowest BCUT2D eigenvalue weighted by Crippen LogP contribution is -2.27. The highest BCUT2D eigenvalue weighted by molar-refractivity contribution is 6.03. The van der Waals surface area contributed by atoms with Crippen molar-refractivity contribution in [1.29, 1.82) is 0 Å². The molecule has 0 aromatic rings. The van der Waals surface area contributed by atoms with Gasteiger partial charge in [-0.25, -0.2) is 9.98 Å². The zero-order valence-corrected chi connectivity index (χ0v) is 6.12. The lowest BCUT2D eigenvalue weighted by atomic mass is 10.3. The highest BCUT2D eigenvalue weighted by Crippen LogP contribution is 2.01. The van der Waals surface area contributed by atoms with Gasteiger partial charge in [0.25, 0.3) is 0 Å². The minimum absolute atomic E-state index is 0.902. The van der Waals surface area contributed by atoms with Crippen LogP contribution in [0.4, 0.5) is 0 Å². The predicted octanol–water partition coefficient (Wildman–Crippen LogP) is 1.21. The van der Waals surface area contributed by atoms with Crippen molar-refractivity contribution in [1.82, 2.24) is 5.32 Å². The Morgan fingerprint density at radius 2 is 1.55 bits per heavy atom. The van der Waals surface area contributed by atoms with Crippen LogP contribution in [-0.2, 0) is 0 Å². The van der Waals surface area contributed by atoms with E-state index in [-0.39, 0.29) is 0 Å². The average Bonchev–Trinajstić information content (AvgIpc) is 2.60. The Bertz CT molecular complexity index is 243. The first-order chi connectivity index (χ1) is 5.45. The lowest BCUT2D eigenvalue weighted by Gasteiger charge is -2.02. The summed E-state index contributed by atoms with van der Waals surface area (Å²) in [6.45, 7) is 0. The van der Waals surface area contributed by atoms with Crippen molar-refractivity contribution < 1.29 is 0 Å². The molecule has 0 bridgehead atoms. The summed E-state index contributed by atoms with van der Waals surface area (Å²) in [6, 6.07) is 0. The molecule has 2 aliphatic heterocycles. The molecule has 0 spiro atoms. The van der Waals surface area contributed by atoms with Gasteiger partial charge in [0, 0.05) is 25.2 Å². The maximum atomic E-state index is 4.12. The number of hydrogen-bond acceptors (Lipinski definition) is 3. The van der Waals surface area contributed by atoms with E-state index in [1.807, 2.05) is 24.6 Å². The first-order valence-corrected chi connectivity index (χ1v) is 3.65. The first kappa shape index (κ1) is 6.34. The Kier molecular flexibility index (Phi) is 1.55. The molecule has 56 valence electrons. The van der Waals surface area contributed by atoms with Gasteiger partial charge in [-0.2, -0.15) is 0 Å². The molecule has 0 unspecified atom stereocenters. The van der Waals surface area contributed by atoms with Gasteiger partial charge in [0.2, 0.25) is 0 Å². The van der Waals surface area contributed by atoms with E-state index in [9.17, 15) is 0 Å². The van der Waals surface area contributed by atoms with Gasteiger partial charge >= 0.3 is 0 Å². The Morgan fingerprint density at radius 1 is 1.00 bits per heavy atom. The van der Waals surface area contributed by atoms with Crippen LogP contribution in [0.5, 0.6) is 0 Å². The van der Waals surface area contributed by atoms with Gasteiger partial charge in [0.15, 0.2) is 0 Å². The van der Waals surface area contributed by atoms with Crippen molar-refractivity contribution >= 4 is 11.7 Å². The molecule has 2 heterocycles. The third-order valence-corrected chi connectivity index (χ3v) is 1.58. The molecule has 2 rings (SSSR count). The van der Waals surface area contributed by atoms with Gasteiger partial charge in [-0.3, -0.25) is 0 Å². The summed E-state index contributed by atoms with van der Waals surface area (Å²) < 4.78 is 0. The van der Waals surface area contributed by atoms with Crippen LogP contribution in [0.2, 0.25) is 0 Å². The topological polar surface area (TPSA) is 36.8 Å². The summed E-state index contributed by atoms with van der Waals surface area (Å²) in [5.41, 5.74) is 0. The zero-order valence-electron chi connectivity index (χ0n) is 6.12. The van der Waals surface area contributed by atoms with E-state index in [4.69, 9.17) is 0 Å². The lowest BCUT2D eigenvalue weighted by molar-refractivity contribution is 1.23. The second-order valence-corrected chi connectivity index (χ2v) is 2.45. The van der Waals surface area contributed by atoms with Crippen molar-refractivity contribution in [3.05, 3.63) is 24.6 Å². The van der Waals surface area contributed by atoms with E-state index in [1.54, 1.807) is 0 Å². The van der Waals surface area contributed by atoms with Gasteiger partial charge in [-0.1, -0.05) is 12.2 Å². The average molecular weight is 147 g/mol. The molecule has 0 saturated carbocycles. The smallest absolute Gasteiger partial charge is 0.111 e. The molecule has 0 aromatic heterocycles. The molecule has 1 N–H and O–H groups in total. The maximum Gasteiger partial charge on any atom is 0.111 e. The largest absolute Gasteiger partial charge is 0.331 e. The summed E-state index contributed by atoms with van der Waals surface area (Å²) in [7, 11) is 0. The molecule has 0 aromatic carbocycles. The van der Waals surface area contributed by atoms with E-state index in [0.717, 1.165) is 24.5 Å². The van der Waals surface area contributed by atoms with Crippen molar-refractivity contribution in [2.45, 2.75) is 12.8 Å². The molecule has 0 saturated heterocycles. The maximum absolute atomic E-state index is 4.12. The van der Waals surface area contributed by atoms with Gasteiger partial charge in [0.05, 0.1) is 0 Å². The van der Waals surface area contributed by atoms with E-state index >= 15 is 0 Å². The minimum atomic E-state index is 0.902. The van der Waals surface area contributed by atoms with Gasteiger partial charge in [-0.15, -0.1) is 0 Å². The molecule has 0 atom stereocenters. The van der Waals surface area contributed by atoms with Crippen molar-refractivity contribution in [2.75, 3.05) is 0 Å². The zero-order chi connectivity index (χ0) is 7.52. The van der Waals surface area contributed by atoms with Crippen LogP contribution in [-0.4, -0.2) is 11.7 Å². The number of nitrogens with zero attached hydrogens (tertiary/aromatic N) is 2. The summed E-state index contributed by atoms with van der Waals surface area (Å²) in [5, 5.41) is 3.15. The summed E-state index contributed by atoms with van der Waals surface area (Å²) in [5.74, 6) is 1.99. The van der Waals surface area contributed by atoms with Crippen molar-refractivity contribution in [3.63, 3.8) is 0 Å². The molecular weight excluding hydrogens is 138 g/mol. The van der Waals surface area contributed by atoms with E-state index in [1.165, 1.54) is 0 Å². The van der Waals surface area contributed by atoms with Gasteiger partial charge in [0.1, 0.15) is 11.7 Å². The minimum Gasteiger partial charge on any atom is -0.331 e. The molecule has 3 heteroatoms. The SMILES string of the molecule is C1=CN=C(NC2=NC=CC2)C1. The quantitative estimate of drug-likeness (QED) is 0.549. The number of aliphatic imine (C=N–C) groups is 2. The monoisotopic (exact) mass is 147 g/mol. The fourth-order valence-electron chi connectivity index (χ4n) is 1.05. The fourth-order valence-corrected chi connectivity index (χ4v) is 1.05. The Hall–Kier alpha value is -1.38. The van der Waals surface area contributed by atoms with E-state index in [2.05, 4.69) is 15.3 Å². The normalized spacial score (nSPS) is 20.4. The van der Waals surface area contributed by atoms with Crippen LogP contribution in [0.1, 0.15) is 12.8 Å². The van der Waals surface area contributed by atoms with E-state index < -0.39 is 0 Å². The van der Waals surface area contributed by atoms with E-state index in [0.29, 0.717) is 0 Å². The van der Waals surface area contributed by atoms with Gasteiger partial charge < -0.3 is 5.32 Å². The standard InChI is InChI=1S/C8H9N3/c1-3-7(9-5-1)11-8-4-2-6-10-8/h1-2,5-6H,3-4H2,(H,9,10,11). The number of rotatable bonds is 0. The second-order valence-electron chi connectivity index (χ2n) is 2.45. The Morgan fingerprint density at radius 3 is 1.91 bits per heavy atom.